The maximum Gasteiger partial charge on any atom is 0.307 e. The highest BCUT2D eigenvalue weighted by Gasteiger charge is 2.17. The quantitative estimate of drug-likeness (QED) is 0.693. The smallest absolute Gasteiger partial charge is 0.307 e. The Morgan fingerprint density at radius 2 is 2.00 bits per heavy atom. The summed E-state index contributed by atoms with van der Waals surface area (Å²) in [5.41, 5.74) is 0.301. The minimum absolute atomic E-state index is 0.151. The number of unbranched alkanes of at least 4 members (excludes halogenated alkanes) is 1. The molecular weight excluding hydrogens is 273 g/mol. The molecule has 0 saturated heterocycles. The van der Waals surface area contributed by atoms with E-state index in [1.54, 1.807) is 17.9 Å². The van der Waals surface area contributed by atoms with Crippen LogP contribution >= 0.6 is 0 Å². The standard InChI is InChI=1S/C16H22FNO3/c1-3-5-10-18(11-9-15(19)21-4-2)16(20)13-7-6-8-14(17)12-13/h6-8,12H,3-5,9-11H2,1-2H3. The Labute approximate surface area is 124 Å². The summed E-state index contributed by atoms with van der Waals surface area (Å²) in [7, 11) is 0. The van der Waals surface area contributed by atoms with Gasteiger partial charge in [-0.2, -0.15) is 0 Å². The summed E-state index contributed by atoms with van der Waals surface area (Å²) < 4.78 is 18.1. The van der Waals surface area contributed by atoms with Crippen LogP contribution in [0.2, 0.25) is 0 Å². The topological polar surface area (TPSA) is 46.6 Å². The fourth-order valence-corrected chi connectivity index (χ4v) is 1.93. The fourth-order valence-electron chi connectivity index (χ4n) is 1.93. The zero-order valence-electron chi connectivity index (χ0n) is 12.6. The van der Waals surface area contributed by atoms with E-state index in [1.807, 2.05) is 6.92 Å². The Morgan fingerprint density at radius 3 is 2.62 bits per heavy atom. The first-order valence-corrected chi connectivity index (χ1v) is 7.29. The Hall–Kier alpha value is -1.91. The lowest BCUT2D eigenvalue weighted by Gasteiger charge is -2.22. The van der Waals surface area contributed by atoms with E-state index in [0.29, 0.717) is 18.7 Å². The molecule has 1 rings (SSSR count). The zero-order chi connectivity index (χ0) is 15.7. The number of carbonyl (C=O) groups is 2. The SMILES string of the molecule is CCCCN(CCC(=O)OCC)C(=O)c1cccc(F)c1. The molecule has 1 aromatic rings. The van der Waals surface area contributed by atoms with Crippen molar-refractivity contribution in [2.24, 2.45) is 0 Å². The maximum atomic E-state index is 13.2. The maximum absolute atomic E-state index is 13.2. The van der Waals surface area contributed by atoms with Crippen molar-refractivity contribution in [3.8, 4) is 0 Å². The van der Waals surface area contributed by atoms with Crippen LogP contribution in [-0.2, 0) is 9.53 Å². The second-order valence-corrected chi connectivity index (χ2v) is 4.71. The number of nitrogens with zero attached hydrogens (tertiary/aromatic N) is 1. The van der Waals surface area contributed by atoms with Gasteiger partial charge in [0.15, 0.2) is 0 Å². The summed E-state index contributed by atoms with van der Waals surface area (Å²) in [6.45, 7) is 4.92. The van der Waals surface area contributed by atoms with Gasteiger partial charge in [0.2, 0.25) is 0 Å². The molecule has 0 spiro atoms. The average Bonchev–Trinajstić information content (AvgIpc) is 2.47. The van der Waals surface area contributed by atoms with E-state index in [2.05, 4.69) is 0 Å². The number of amides is 1. The van der Waals surface area contributed by atoms with E-state index < -0.39 is 5.82 Å². The predicted molar refractivity (Wildman–Crippen MR) is 78.5 cm³/mol. The van der Waals surface area contributed by atoms with Crippen molar-refractivity contribution in [1.82, 2.24) is 4.90 Å². The summed E-state index contributed by atoms with van der Waals surface area (Å²) >= 11 is 0. The number of benzene rings is 1. The molecule has 116 valence electrons. The Bertz CT molecular complexity index is 476. The van der Waals surface area contributed by atoms with Gasteiger partial charge in [0.05, 0.1) is 13.0 Å². The third-order valence-corrected chi connectivity index (χ3v) is 3.03. The highest BCUT2D eigenvalue weighted by molar-refractivity contribution is 5.94. The van der Waals surface area contributed by atoms with Crippen molar-refractivity contribution in [1.29, 1.82) is 0 Å². The van der Waals surface area contributed by atoms with Gasteiger partial charge in [-0.1, -0.05) is 19.4 Å². The Balaban J connectivity index is 2.71. The van der Waals surface area contributed by atoms with Crippen molar-refractivity contribution < 1.29 is 18.7 Å². The normalized spacial score (nSPS) is 10.2. The van der Waals surface area contributed by atoms with Crippen LogP contribution in [0.4, 0.5) is 4.39 Å². The number of hydrogen-bond acceptors (Lipinski definition) is 3. The molecule has 0 aliphatic heterocycles. The molecule has 0 radical (unpaired) electrons. The number of carbonyl (C=O) groups excluding carboxylic acids is 2. The number of ether oxygens (including phenoxy) is 1. The average molecular weight is 295 g/mol. The minimum Gasteiger partial charge on any atom is -0.466 e. The lowest BCUT2D eigenvalue weighted by atomic mass is 10.1. The van der Waals surface area contributed by atoms with Crippen molar-refractivity contribution >= 4 is 11.9 Å². The molecule has 5 heteroatoms. The number of rotatable bonds is 8. The van der Waals surface area contributed by atoms with Crippen LogP contribution in [0, 0.1) is 5.82 Å². The molecular formula is C16H22FNO3. The van der Waals surface area contributed by atoms with E-state index in [-0.39, 0.29) is 24.8 Å². The molecule has 0 saturated carbocycles. The van der Waals surface area contributed by atoms with Gasteiger partial charge in [-0.15, -0.1) is 0 Å². The summed E-state index contributed by atoms with van der Waals surface area (Å²) in [4.78, 5) is 25.4. The molecule has 0 aliphatic rings. The lowest BCUT2D eigenvalue weighted by Crippen LogP contribution is -2.34. The van der Waals surface area contributed by atoms with Crippen LogP contribution < -0.4 is 0 Å². The summed E-state index contributed by atoms with van der Waals surface area (Å²) in [5.74, 6) is -1.03. The zero-order valence-corrected chi connectivity index (χ0v) is 12.6. The molecule has 0 atom stereocenters. The predicted octanol–water partition coefficient (Wildman–Crippen LogP) is 3.02. The van der Waals surface area contributed by atoms with Gasteiger partial charge in [-0.3, -0.25) is 9.59 Å². The van der Waals surface area contributed by atoms with Crippen molar-refractivity contribution in [2.45, 2.75) is 33.1 Å². The van der Waals surface area contributed by atoms with Crippen LogP contribution in [0.1, 0.15) is 43.5 Å². The molecule has 0 aromatic heterocycles. The van der Waals surface area contributed by atoms with Gasteiger partial charge < -0.3 is 9.64 Å². The third-order valence-electron chi connectivity index (χ3n) is 3.03. The third kappa shape index (κ3) is 5.94. The first-order chi connectivity index (χ1) is 10.1. The molecule has 0 N–H and O–H groups in total. The minimum atomic E-state index is -0.443. The van der Waals surface area contributed by atoms with Gasteiger partial charge in [-0.25, -0.2) is 4.39 Å². The fraction of sp³-hybridized carbons (Fsp3) is 0.500. The number of hydrogen-bond donors (Lipinski definition) is 0. The van der Waals surface area contributed by atoms with E-state index >= 15 is 0 Å². The van der Waals surface area contributed by atoms with Crippen LogP contribution in [0.25, 0.3) is 0 Å². The van der Waals surface area contributed by atoms with Gasteiger partial charge in [-0.05, 0) is 31.5 Å². The van der Waals surface area contributed by atoms with E-state index in [4.69, 9.17) is 4.74 Å². The lowest BCUT2D eigenvalue weighted by molar-refractivity contribution is -0.143. The Morgan fingerprint density at radius 1 is 1.24 bits per heavy atom. The second-order valence-electron chi connectivity index (χ2n) is 4.71. The van der Waals surface area contributed by atoms with Crippen LogP contribution in [-0.4, -0.2) is 36.5 Å². The van der Waals surface area contributed by atoms with E-state index in [0.717, 1.165) is 12.8 Å². The van der Waals surface area contributed by atoms with Crippen molar-refractivity contribution in [3.63, 3.8) is 0 Å². The Kier molecular flexibility index (Phi) is 7.43. The highest BCUT2D eigenvalue weighted by atomic mass is 19.1. The van der Waals surface area contributed by atoms with Gasteiger partial charge in [0, 0.05) is 18.7 Å². The van der Waals surface area contributed by atoms with Crippen molar-refractivity contribution in [2.75, 3.05) is 19.7 Å². The largest absolute Gasteiger partial charge is 0.466 e. The highest BCUT2D eigenvalue weighted by Crippen LogP contribution is 2.09. The molecule has 0 fully saturated rings. The first-order valence-electron chi connectivity index (χ1n) is 7.29. The monoisotopic (exact) mass is 295 g/mol. The van der Waals surface area contributed by atoms with Crippen LogP contribution in [0.5, 0.6) is 0 Å². The molecule has 4 nitrogen and oxygen atoms in total. The number of halogens is 1. The molecule has 0 unspecified atom stereocenters. The molecule has 0 heterocycles. The second kappa shape index (κ2) is 9.10. The number of esters is 1. The first kappa shape index (κ1) is 17.1. The van der Waals surface area contributed by atoms with Crippen LogP contribution in [0.15, 0.2) is 24.3 Å². The van der Waals surface area contributed by atoms with E-state index in [9.17, 15) is 14.0 Å². The van der Waals surface area contributed by atoms with Gasteiger partial charge in [0.25, 0.3) is 5.91 Å². The summed E-state index contributed by atoms with van der Waals surface area (Å²) in [5, 5.41) is 0. The molecule has 21 heavy (non-hydrogen) atoms. The summed E-state index contributed by atoms with van der Waals surface area (Å²) in [6, 6.07) is 5.60. The van der Waals surface area contributed by atoms with Gasteiger partial charge in [0.1, 0.15) is 5.82 Å². The molecule has 0 aliphatic carbocycles. The van der Waals surface area contributed by atoms with Crippen molar-refractivity contribution in [3.05, 3.63) is 35.6 Å². The molecule has 1 aromatic carbocycles. The van der Waals surface area contributed by atoms with Gasteiger partial charge >= 0.3 is 5.97 Å². The molecule has 0 bridgehead atoms. The molecule has 1 amide bonds. The van der Waals surface area contributed by atoms with Crippen LogP contribution in [0.3, 0.4) is 0 Å². The summed E-state index contributed by atoms with van der Waals surface area (Å²) in [6.07, 6.45) is 1.93. The van der Waals surface area contributed by atoms with E-state index in [1.165, 1.54) is 18.2 Å².